The van der Waals surface area contributed by atoms with Crippen molar-refractivity contribution in [3.63, 3.8) is 0 Å². The number of hydrogen-bond acceptors (Lipinski definition) is 4. The van der Waals surface area contributed by atoms with E-state index in [4.69, 9.17) is 0 Å². The van der Waals surface area contributed by atoms with Gasteiger partial charge in [-0.3, -0.25) is 9.69 Å². The Morgan fingerprint density at radius 1 is 1.58 bits per heavy atom. The Balaban J connectivity index is 2.74. The fraction of sp³-hybridized carbons (Fsp3) is 0.600. The third-order valence-corrected chi connectivity index (χ3v) is 1.56. The molecule has 0 spiro atoms. The van der Waals surface area contributed by atoms with Crippen LogP contribution in [0.25, 0.3) is 0 Å². The first-order chi connectivity index (χ1) is 5.54. The van der Waals surface area contributed by atoms with E-state index in [-0.39, 0.29) is 13.1 Å². The summed E-state index contributed by atoms with van der Waals surface area (Å²) in [5, 5.41) is 9.76. The van der Waals surface area contributed by atoms with E-state index in [1.165, 1.54) is 6.92 Å². The largest absolute Gasteiger partial charge is 0.384 e. The van der Waals surface area contributed by atoms with Crippen molar-refractivity contribution in [1.29, 1.82) is 0 Å². The van der Waals surface area contributed by atoms with Gasteiger partial charge in [-0.05, 0) is 5.01 Å². The Morgan fingerprint density at radius 3 is 2.42 bits per heavy atom. The Labute approximate surface area is 67.7 Å². The lowest BCUT2D eigenvalue weighted by Crippen LogP contribution is -2.37. The third-order valence-electron chi connectivity index (χ3n) is 1.56. The van der Waals surface area contributed by atoms with Gasteiger partial charge in [-0.1, -0.05) is 0 Å². The molecular formula is C5H7N3O4. The van der Waals surface area contributed by atoms with Crippen molar-refractivity contribution >= 4 is 11.9 Å². The molecule has 0 bridgehead atoms. The van der Waals surface area contributed by atoms with Crippen LogP contribution >= 0.6 is 0 Å². The molecule has 1 saturated heterocycles. The van der Waals surface area contributed by atoms with E-state index in [1.807, 2.05) is 0 Å². The highest BCUT2D eigenvalue weighted by Crippen LogP contribution is 2.07. The van der Waals surface area contributed by atoms with Gasteiger partial charge in [-0.2, -0.15) is 0 Å². The number of urea groups is 1. The second kappa shape index (κ2) is 2.76. The molecule has 66 valence electrons. The van der Waals surface area contributed by atoms with Gasteiger partial charge < -0.3 is 0 Å². The number of nitrogens with zero attached hydrogens (tertiary/aromatic N) is 3. The van der Waals surface area contributed by atoms with Gasteiger partial charge in [-0.15, -0.1) is 0 Å². The number of imide groups is 1. The number of nitro groups is 1. The van der Waals surface area contributed by atoms with Crippen LogP contribution in [0.3, 0.4) is 0 Å². The first-order valence-corrected chi connectivity index (χ1v) is 3.28. The molecule has 7 heteroatoms. The zero-order valence-electron chi connectivity index (χ0n) is 6.39. The van der Waals surface area contributed by atoms with Gasteiger partial charge in [-0.25, -0.2) is 14.9 Å². The van der Waals surface area contributed by atoms with E-state index >= 15 is 0 Å². The molecule has 0 aromatic rings. The summed E-state index contributed by atoms with van der Waals surface area (Å²) in [6, 6.07) is -0.854. The lowest BCUT2D eigenvalue weighted by Gasteiger charge is -2.07. The summed E-state index contributed by atoms with van der Waals surface area (Å²) < 4.78 is 0. The number of carbonyl (C=O) groups excluding carboxylic acids is 2. The molecule has 0 aromatic carbocycles. The number of hydrogen-bond donors (Lipinski definition) is 0. The second-order valence-electron chi connectivity index (χ2n) is 2.31. The minimum absolute atomic E-state index is 0.0363. The van der Waals surface area contributed by atoms with Crippen molar-refractivity contribution in [3.8, 4) is 0 Å². The summed E-state index contributed by atoms with van der Waals surface area (Å²) in [7, 11) is 0. The molecule has 1 aliphatic rings. The van der Waals surface area contributed by atoms with Crippen LogP contribution in [0.5, 0.6) is 0 Å². The maximum absolute atomic E-state index is 11.0. The monoisotopic (exact) mass is 173 g/mol. The summed E-state index contributed by atoms with van der Waals surface area (Å²) in [6.45, 7) is 1.25. The van der Waals surface area contributed by atoms with E-state index in [0.717, 1.165) is 4.90 Å². The van der Waals surface area contributed by atoms with Crippen molar-refractivity contribution < 1.29 is 14.6 Å². The number of amides is 3. The van der Waals surface area contributed by atoms with Gasteiger partial charge in [0, 0.05) is 6.92 Å². The Bertz CT molecular complexity index is 227. The summed E-state index contributed by atoms with van der Waals surface area (Å²) in [5.41, 5.74) is 0. The maximum atomic E-state index is 11.0. The average Bonchev–Trinajstić information content (AvgIpc) is 2.30. The molecule has 3 amide bonds. The van der Waals surface area contributed by atoms with E-state index in [0.29, 0.717) is 5.01 Å². The van der Waals surface area contributed by atoms with Gasteiger partial charge in [0.25, 0.3) is 0 Å². The predicted octanol–water partition coefficient (Wildman–Crippen LogP) is -0.538. The highest BCUT2D eigenvalue weighted by atomic mass is 16.7. The van der Waals surface area contributed by atoms with Crippen molar-refractivity contribution in [2.75, 3.05) is 13.1 Å². The summed E-state index contributed by atoms with van der Waals surface area (Å²) in [6.07, 6.45) is 0. The van der Waals surface area contributed by atoms with Crippen LogP contribution in [0.15, 0.2) is 0 Å². The van der Waals surface area contributed by atoms with E-state index in [1.54, 1.807) is 0 Å². The fourth-order valence-corrected chi connectivity index (χ4v) is 0.969. The minimum Gasteiger partial charge on any atom is -0.275 e. The molecule has 0 aliphatic carbocycles. The highest BCUT2D eigenvalue weighted by Gasteiger charge is 2.38. The van der Waals surface area contributed by atoms with Gasteiger partial charge in [0.1, 0.15) is 6.54 Å². The quantitative estimate of drug-likeness (QED) is 0.394. The first-order valence-electron chi connectivity index (χ1n) is 3.28. The number of carbonyl (C=O) groups is 2. The molecule has 0 saturated carbocycles. The topological polar surface area (TPSA) is 83.8 Å². The molecule has 0 aromatic heterocycles. The second-order valence-corrected chi connectivity index (χ2v) is 2.31. The normalized spacial score (nSPS) is 16.9. The van der Waals surface area contributed by atoms with Crippen molar-refractivity contribution in [1.82, 2.24) is 9.91 Å². The fourth-order valence-electron chi connectivity index (χ4n) is 0.969. The van der Waals surface area contributed by atoms with E-state index in [9.17, 15) is 19.7 Å². The number of rotatable bonds is 1. The van der Waals surface area contributed by atoms with Crippen molar-refractivity contribution in [3.05, 3.63) is 10.1 Å². The zero-order chi connectivity index (χ0) is 9.30. The molecule has 0 N–H and O–H groups in total. The van der Waals surface area contributed by atoms with Crippen LogP contribution in [0.1, 0.15) is 6.92 Å². The molecule has 1 aliphatic heterocycles. The molecule has 0 unspecified atom stereocenters. The van der Waals surface area contributed by atoms with Gasteiger partial charge in [0.2, 0.25) is 5.91 Å². The minimum atomic E-state index is -0.854. The van der Waals surface area contributed by atoms with Crippen LogP contribution in [0.4, 0.5) is 4.79 Å². The molecule has 7 nitrogen and oxygen atoms in total. The summed E-state index contributed by atoms with van der Waals surface area (Å²) in [4.78, 5) is 32.6. The van der Waals surface area contributed by atoms with Crippen LogP contribution in [0.2, 0.25) is 0 Å². The molecule has 1 fully saturated rings. The molecule has 1 rings (SSSR count). The van der Waals surface area contributed by atoms with Crippen LogP contribution in [0, 0.1) is 10.1 Å². The molecule has 0 radical (unpaired) electrons. The third kappa shape index (κ3) is 1.20. The lowest BCUT2D eigenvalue weighted by atomic mass is 10.5. The Kier molecular flexibility index (Phi) is 1.94. The Hall–Kier alpha value is -1.66. The van der Waals surface area contributed by atoms with E-state index in [2.05, 4.69) is 0 Å². The lowest BCUT2D eigenvalue weighted by molar-refractivity contribution is -0.629. The average molecular weight is 173 g/mol. The standard InChI is InChI=1S/C5H7N3O4/c1-4(9)6-2-3-7(5(6)10)8(11)12/h2-3H2,1H3. The maximum Gasteiger partial charge on any atom is 0.384 e. The summed E-state index contributed by atoms with van der Waals surface area (Å²) >= 11 is 0. The van der Waals surface area contributed by atoms with Gasteiger partial charge in [0.15, 0.2) is 5.03 Å². The van der Waals surface area contributed by atoms with Crippen molar-refractivity contribution in [2.45, 2.75) is 6.92 Å². The molecular weight excluding hydrogens is 166 g/mol. The Morgan fingerprint density at radius 2 is 2.17 bits per heavy atom. The smallest absolute Gasteiger partial charge is 0.275 e. The predicted molar refractivity (Wildman–Crippen MR) is 36.5 cm³/mol. The molecule has 0 atom stereocenters. The van der Waals surface area contributed by atoms with Crippen LogP contribution in [-0.4, -0.2) is 40.0 Å². The van der Waals surface area contributed by atoms with Crippen LogP contribution < -0.4 is 0 Å². The highest BCUT2D eigenvalue weighted by molar-refractivity contribution is 5.94. The van der Waals surface area contributed by atoms with Crippen molar-refractivity contribution in [2.24, 2.45) is 0 Å². The number of hydrazine groups is 1. The molecule has 1 heterocycles. The zero-order valence-corrected chi connectivity index (χ0v) is 6.39. The van der Waals surface area contributed by atoms with Gasteiger partial charge in [0.05, 0.1) is 6.54 Å². The van der Waals surface area contributed by atoms with Crippen LogP contribution in [-0.2, 0) is 4.79 Å². The van der Waals surface area contributed by atoms with E-state index < -0.39 is 17.0 Å². The summed E-state index contributed by atoms with van der Waals surface area (Å²) in [5.74, 6) is -0.468. The SMILES string of the molecule is CC(=O)N1CCN([N+](=O)[O-])C1=O. The first kappa shape index (κ1) is 8.44. The van der Waals surface area contributed by atoms with Gasteiger partial charge >= 0.3 is 6.03 Å². The molecule has 12 heavy (non-hydrogen) atoms.